The Hall–Kier alpha value is -3.73. The second-order valence-corrected chi connectivity index (χ2v) is 7.45. The first-order valence-electron chi connectivity index (χ1n) is 10.1. The fourth-order valence-corrected chi connectivity index (χ4v) is 3.68. The summed E-state index contributed by atoms with van der Waals surface area (Å²) in [7, 11) is -1.55. The van der Waals surface area contributed by atoms with Gasteiger partial charge in [0.15, 0.2) is 0 Å². The van der Waals surface area contributed by atoms with Gasteiger partial charge >= 0.3 is 7.12 Å². The van der Waals surface area contributed by atoms with Crippen molar-refractivity contribution in [3.8, 4) is 5.95 Å². The number of nitrogens with two attached hydrogens (primary N) is 2. The maximum atomic E-state index is 11.9. The molecule has 2 heterocycles. The molecule has 7 N–H and O–H groups in total. The Morgan fingerprint density at radius 1 is 1.12 bits per heavy atom. The third-order valence-electron chi connectivity index (χ3n) is 5.23. The van der Waals surface area contributed by atoms with Crippen molar-refractivity contribution in [1.82, 2.24) is 14.5 Å². The Bertz CT molecular complexity index is 1300. The lowest BCUT2D eigenvalue weighted by molar-refractivity contribution is 0.0995. The van der Waals surface area contributed by atoms with Gasteiger partial charge in [-0.3, -0.25) is 9.36 Å². The molecule has 4 aromatic rings. The van der Waals surface area contributed by atoms with Crippen LogP contribution in [0.2, 0.25) is 0 Å². The molecule has 9 nitrogen and oxygen atoms in total. The minimum absolute atomic E-state index is 0.0771. The largest absolute Gasteiger partial charge is 0.488 e. The number of aryl methyl sites for hydroxylation is 1. The number of benzene rings is 2. The summed E-state index contributed by atoms with van der Waals surface area (Å²) in [5.41, 5.74) is 15.4. The van der Waals surface area contributed by atoms with Gasteiger partial charge in [-0.2, -0.15) is 4.98 Å². The van der Waals surface area contributed by atoms with Crippen LogP contribution >= 0.6 is 0 Å². The lowest BCUT2D eigenvalue weighted by atomic mass is 9.80. The van der Waals surface area contributed by atoms with E-state index in [-0.39, 0.29) is 5.69 Å². The standard InChI is InChI=1S/C22H23BN6O3/c1-13-8-17-15(11-24)5-3-7-19(17)29(13)22-27-18(21(25)30)10-20(28-22)26-12-14-4-2-6-16(9-14)23(31)32/h2-10,31-32H,11-12,24H2,1H3,(H2,25,30)(H,26,27,28). The van der Waals surface area contributed by atoms with E-state index in [9.17, 15) is 14.8 Å². The van der Waals surface area contributed by atoms with Crippen LogP contribution in [0, 0.1) is 6.92 Å². The molecule has 32 heavy (non-hydrogen) atoms. The monoisotopic (exact) mass is 430 g/mol. The van der Waals surface area contributed by atoms with Crippen LogP contribution in [0.25, 0.3) is 16.9 Å². The SMILES string of the molecule is Cc1cc2c(CN)cccc2n1-c1nc(NCc2cccc(B(O)O)c2)cc(C(N)=O)n1. The van der Waals surface area contributed by atoms with Crippen molar-refractivity contribution in [3.05, 3.63) is 77.1 Å². The van der Waals surface area contributed by atoms with Gasteiger partial charge in [0.1, 0.15) is 11.5 Å². The number of carbonyl (C=O) groups excluding carboxylic acids is 1. The van der Waals surface area contributed by atoms with Crippen molar-refractivity contribution < 1.29 is 14.8 Å². The van der Waals surface area contributed by atoms with Gasteiger partial charge < -0.3 is 26.8 Å². The topological polar surface area (TPSA) is 152 Å². The molecule has 0 saturated carbocycles. The Labute approximate surface area is 184 Å². The molecule has 2 aromatic carbocycles. The van der Waals surface area contributed by atoms with Crippen LogP contribution in [0.1, 0.15) is 27.3 Å². The van der Waals surface area contributed by atoms with E-state index in [1.165, 1.54) is 6.07 Å². The second-order valence-electron chi connectivity index (χ2n) is 7.45. The average Bonchev–Trinajstić information content (AvgIpc) is 3.13. The minimum atomic E-state index is -1.55. The maximum Gasteiger partial charge on any atom is 0.488 e. The molecule has 4 rings (SSSR count). The third kappa shape index (κ3) is 4.19. The number of fused-ring (bicyclic) bond motifs is 1. The molecule has 162 valence electrons. The molecule has 0 unspecified atom stereocenters. The van der Waals surface area contributed by atoms with Gasteiger partial charge in [0.25, 0.3) is 5.91 Å². The van der Waals surface area contributed by atoms with Gasteiger partial charge in [-0.1, -0.05) is 36.4 Å². The summed E-state index contributed by atoms with van der Waals surface area (Å²) in [5.74, 6) is 0.0545. The van der Waals surface area contributed by atoms with Gasteiger partial charge in [-0.15, -0.1) is 0 Å². The number of hydrogen-bond acceptors (Lipinski definition) is 7. The highest BCUT2D eigenvalue weighted by molar-refractivity contribution is 6.58. The molecule has 2 aromatic heterocycles. The number of carbonyl (C=O) groups is 1. The number of rotatable bonds is 7. The van der Waals surface area contributed by atoms with Crippen molar-refractivity contribution in [2.75, 3.05) is 5.32 Å². The van der Waals surface area contributed by atoms with E-state index in [1.54, 1.807) is 18.2 Å². The van der Waals surface area contributed by atoms with Gasteiger partial charge in [0, 0.05) is 30.2 Å². The van der Waals surface area contributed by atoms with Gasteiger partial charge in [-0.05, 0) is 35.6 Å². The highest BCUT2D eigenvalue weighted by Crippen LogP contribution is 2.26. The molecule has 0 aliphatic heterocycles. The third-order valence-corrected chi connectivity index (χ3v) is 5.23. The number of nitrogens with one attached hydrogen (secondary N) is 1. The maximum absolute atomic E-state index is 11.9. The molecule has 10 heteroatoms. The van der Waals surface area contributed by atoms with Crippen LogP contribution in [-0.4, -0.2) is 37.6 Å². The van der Waals surface area contributed by atoms with E-state index in [0.29, 0.717) is 30.3 Å². The molecule has 0 atom stereocenters. The molecule has 0 aliphatic carbocycles. The fourth-order valence-electron chi connectivity index (χ4n) is 3.68. The van der Waals surface area contributed by atoms with Gasteiger partial charge in [-0.25, -0.2) is 4.98 Å². The zero-order chi connectivity index (χ0) is 22.8. The molecule has 0 fully saturated rings. The highest BCUT2D eigenvalue weighted by Gasteiger charge is 2.16. The molecule has 0 aliphatic rings. The van der Waals surface area contributed by atoms with E-state index in [2.05, 4.69) is 15.3 Å². The average molecular weight is 430 g/mol. The number of nitrogens with zero attached hydrogens (tertiary/aromatic N) is 3. The van der Waals surface area contributed by atoms with Gasteiger partial charge in [0.2, 0.25) is 5.95 Å². The summed E-state index contributed by atoms with van der Waals surface area (Å²) in [5, 5.41) is 22.9. The lowest BCUT2D eigenvalue weighted by Crippen LogP contribution is -2.30. The van der Waals surface area contributed by atoms with Crippen molar-refractivity contribution in [1.29, 1.82) is 0 Å². The number of amides is 1. The Morgan fingerprint density at radius 2 is 1.91 bits per heavy atom. The zero-order valence-corrected chi connectivity index (χ0v) is 17.5. The predicted molar refractivity (Wildman–Crippen MR) is 124 cm³/mol. The number of anilines is 1. The number of aromatic nitrogens is 3. The second kappa shape index (κ2) is 8.79. The van der Waals surface area contributed by atoms with Crippen LogP contribution in [0.5, 0.6) is 0 Å². The van der Waals surface area contributed by atoms with E-state index < -0.39 is 13.0 Å². The first kappa shape index (κ1) is 21.5. The first-order chi connectivity index (χ1) is 15.4. The molecular weight excluding hydrogens is 407 g/mol. The number of primary amides is 1. The molecule has 0 bridgehead atoms. The summed E-state index contributed by atoms with van der Waals surface area (Å²) in [6.07, 6.45) is 0. The smallest absolute Gasteiger partial charge is 0.423 e. The van der Waals surface area contributed by atoms with Crippen LogP contribution in [0.3, 0.4) is 0 Å². The van der Waals surface area contributed by atoms with Crippen molar-refractivity contribution >= 4 is 35.2 Å². The first-order valence-corrected chi connectivity index (χ1v) is 10.1. The fraction of sp³-hybridized carbons (Fsp3) is 0.136. The molecule has 0 radical (unpaired) electrons. The van der Waals surface area contributed by atoms with Crippen molar-refractivity contribution in [2.45, 2.75) is 20.0 Å². The molecular formula is C22H23BN6O3. The van der Waals surface area contributed by atoms with Crippen LogP contribution in [0.15, 0.2) is 54.6 Å². The number of hydrogen-bond donors (Lipinski definition) is 5. The van der Waals surface area contributed by atoms with E-state index in [1.807, 2.05) is 41.8 Å². The minimum Gasteiger partial charge on any atom is -0.423 e. The highest BCUT2D eigenvalue weighted by atomic mass is 16.4. The zero-order valence-electron chi connectivity index (χ0n) is 17.5. The quantitative estimate of drug-likeness (QED) is 0.269. The van der Waals surface area contributed by atoms with Crippen LogP contribution in [0.4, 0.5) is 5.82 Å². The molecule has 0 spiro atoms. The lowest BCUT2D eigenvalue weighted by Gasteiger charge is -2.12. The van der Waals surface area contributed by atoms with E-state index in [0.717, 1.165) is 27.7 Å². The molecule has 1 amide bonds. The Kier molecular flexibility index (Phi) is 5.91. The summed E-state index contributed by atoms with van der Waals surface area (Å²) in [6, 6.07) is 16.2. The molecule has 0 saturated heterocycles. The van der Waals surface area contributed by atoms with Crippen LogP contribution in [-0.2, 0) is 13.1 Å². The van der Waals surface area contributed by atoms with Crippen molar-refractivity contribution in [2.24, 2.45) is 11.5 Å². The van der Waals surface area contributed by atoms with E-state index in [4.69, 9.17) is 11.5 Å². The normalized spacial score (nSPS) is 11.0. The summed E-state index contributed by atoms with van der Waals surface area (Å²) < 4.78 is 1.86. The van der Waals surface area contributed by atoms with Crippen LogP contribution < -0.4 is 22.2 Å². The Balaban J connectivity index is 1.74. The van der Waals surface area contributed by atoms with Gasteiger partial charge in [0.05, 0.1) is 5.52 Å². The van der Waals surface area contributed by atoms with E-state index >= 15 is 0 Å². The summed E-state index contributed by atoms with van der Waals surface area (Å²) in [6.45, 7) is 2.68. The Morgan fingerprint density at radius 3 is 2.62 bits per heavy atom. The summed E-state index contributed by atoms with van der Waals surface area (Å²) in [4.78, 5) is 20.9. The van der Waals surface area contributed by atoms with Crippen molar-refractivity contribution in [3.63, 3.8) is 0 Å². The summed E-state index contributed by atoms with van der Waals surface area (Å²) >= 11 is 0. The predicted octanol–water partition coefficient (Wildman–Crippen LogP) is 0.578.